The molecule has 8 nitrogen and oxygen atoms in total. The van der Waals surface area contributed by atoms with Crippen molar-refractivity contribution >= 4 is 17.8 Å². The molecule has 0 aromatic heterocycles. The monoisotopic (exact) mass is 414 g/mol. The molecule has 0 N–H and O–H groups in total. The van der Waals surface area contributed by atoms with E-state index in [4.69, 9.17) is 14.3 Å². The molecule has 1 amide bonds. The summed E-state index contributed by atoms with van der Waals surface area (Å²) in [6.45, 7) is 14.4. The van der Waals surface area contributed by atoms with Gasteiger partial charge in [0.25, 0.3) is 6.10 Å². The van der Waals surface area contributed by atoms with Crippen LogP contribution in [0.3, 0.4) is 0 Å². The van der Waals surface area contributed by atoms with Crippen LogP contribution in [0.15, 0.2) is 0 Å². The molecule has 1 rings (SSSR count). The number of ether oxygens (including phenoxy) is 2. The van der Waals surface area contributed by atoms with Crippen LogP contribution in [0.25, 0.3) is 0 Å². The molecule has 1 aliphatic heterocycles. The summed E-state index contributed by atoms with van der Waals surface area (Å²) in [6.07, 6.45) is 0.673. The third-order valence-corrected chi connectivity index (χ3v) is 6.25. The van der Waals surface area contributed by atoms with Gasteiger partial charge in [0, 0.05) is 12.1 Å². The minimum Gasteiger partial charge on any atom is -0.467 e. The highest BCUT2D eigenvalue weighted by atomic mass is 16.7. The van der Waals surface area contributed by atoms with Gasteiger partial charge in [-0.3, -0.25) is 9.63 Å². The van der Waals surface area contributed by atoms with Crippen molar-refractivity contribution < 1.29 is 28.7 Å². The zero-order valence-electron chi connectivity index (χ0n) is 19.5. The SMILES string of the molecule is CCC1(CC)CN(C(C)(C)C)C(=O)C(CC)(CC)N1OC(C(=O)OC)C(=O)OC. The summed E-state index contributed by atoms with van der Waals surface area (Å²) in [6, 6.07) is 0. The lowest BCUT2D eigenvalue weighted by atomic mass is 9.77. The number of amides is 1. The second-order valence-corrected chi connectivity index (χ2v) is 8.56. The third kappa shape index (κ3) is 4.43. The van der Waals surface area contributed by atoms with Gasteiger partial charge in [-0.15, -0.1) is 0 Å². The number of nitrogens with zero attached hydrogens (tertiary/aromatic N) is 2. The van der Waals surface area contributed by atoms with E-state index < -0.39 is 29.1 Å². The van der Waals surface area contributed by atoms with Crippen molar-refractivity contribution in [1.82, 2.24) is 9.96 Å². The first kappa shape index (κ1) is 25.4. The largest absolute Gasteiger partial charge is 0.467 e. The van der Waals surface area contributed by atoms with Gasteiger partial charge in [-0.05, 0) is 46.5 Å². The van der Waals surface area contributed by atoms with E-state index in [1.54, 1.807) is 5.06 Å². The molecular weight excluding hydrogens is 376 g/mol. The topological polar surface area (TPSA) is 85.4 Å². The number of esters is 2. The molecule has 1 saturated heterocycles. The van der Waals surface area contributed by atoms with E-state index in [1.807, 2.05) is 53.4 Å². The molecule has 0 atom stereocenters. The summed E-state index contributed by atoms with van der Waals surface area (Å²) in [5.41, 5.74) is -1.97. The van der Waals surface area contributed by atoms with Crippen molar-refractivity contribution in [3.8, 4) is 0 Å². The predicted octanol–water partition coefficient (Wildman–Crippen LogP) is 2.69. The quantitative estimate of drug-likeness (QED) is 0.446. The van der Waals surface area contributed by atoms with Crippen LogP contribution < -0.4 is 0 Å². The van der Waals surface area contributed by atoms with Gasteiger partial charge in [0.2, 0.25) is 5.91 Å². The predicted molar refractivity (Wildman–Crippen MR) is 109 cm³/mol. The van der Waals surface area contributed by atoms with Crippen LogP contribution in [0, 0.1) is 0 Å². The number of carbonyl (C=O) groups excluding carboxylic acids is 3. The molecule has 8 heteroatoms. The fraction of sp³-hybridized carbons (Fsp3) is 0.857. The standard InChI is InChI=1S/C21H38N2O6/c1-10-20(11-2)14-22(19(5,6)7)18(26)21(12-3,13-4)23(20)29-15(16(24)27-8)17(25)28-9/h15H,10-14H2,1-9H3. The average Bonchev–Trinajstić information content (AvgIpc) is 2.70. The van der Waals surface area contributed by atoms with E-state index in [0.717, 1.165) is 0 Å². The lowest BCUT2D eigenvalue weighted by Gasteiger charge is -2.60. The molecule has 0 unspecified atom stereocenters. The molecule has 0 saturated carbocycles. The molecule has 0 aliphatic carbocycles. The zero-order chi connectivity index (χ0) is 22.6. The van der Waals surface area contributed by atoms with Crippen LogP contribution in [0.2, 0.25) is 0 Å². The van der Waals surface area contributed by atoms with E-state index in [1.165, 1.54) is 14.2 Å². The first-order valence-electron chi connectivity index (χ1n) is 10.4. The van der Waals surface area contributed by atoms with Crippen molar-refractivity contribution in [3.63, 3.8) is 0 Å². The molecule has 0 spiro atoms. The van der Waals surface area contributed by atoms with Gasteiger partial charge in [-0.25, -0.2) is 9.59 Å². The Morgan fingerprint density at radius 1 is 0.966 bits per heavy atom. The number of hydrogen-bond donors (Lipinski definition) is 0. The highest BCUT2D eigenvalue weighted by molar-refractivity contribution is 5.98. The minimum atomic E-state index is -1.59. The lowest BCUT2D eigenvalue weighted by molar-refractivity contribution is -0.315. The van der Waals surface area contributed by atoms with Gasteiger partial charge in [0.15, 0.2) is 0 Å². The van der Waals surface area contributed by atoms with E-state index in [0.29, 0.717) is 32.2 Å². The summed E-state index contributed by atoms with van der Waals surface area (Å²) >= 11 is 0. The number of hydroxylamine groups is 2. The van der Waals surface area contributed by atoms with Gasteiger partial charge >= 0.3 is 11.9 Å². The molecule has 29 heavy (non-hydrogen) atoms. The van der Waals surface area contributed by atoms with Gasteiger partial charge in [0.1, 0.15) is 5.54 Å². The van der Waals surface area contributed by atoms with E-state index in [-0.39, 0.29) is 11.4 Å². The Morgan fingerprint density at radius 2 is 1.41 bits per heavy atom. The Balaban J connectivity index is 3.65. The molecule has 0 radical (unpaired) electrons. The number of carbonyl (C=O) groups is 3. The molecule has 168 valence electrons. The van der Waals surface area contributed by atoms with E-state index in [2.05, 4.69) is 0 Å². The second kappa shape index (κ2) is 9.43. The molecule has 0 bridgehead atoms. The fourth-order valence-corrected chi connectivity index (χ4v) is 4.08. The number of piperazine rings is 1. The van der Waals surface area contributed by atoms with Gasteiger partial charge in [-0.1, -0.05) is 27.7 Å². The molecule has 0 aromatic carbocycles. The van der Waals surface area contributed by atoms with E-state index in [9.17, 15) is 14.4 Å². The van der Waals surface area contributed by atoms with E-state index >= 15 is 0 Å². The van der Waals surface area contributed by atoms with Crippen molar-refractivity contribution in [2.75, 3.05) is 20.8 Å². The summed E-state index contributed by atoms with van der Waals surface area (Å²) in [5.74, 6) is -1.78. The van der Waals surface area contributed by atoms with Crippen LogP contribution in [0.4, 0.5) is 0 Å². The number of rotatable bonds is 8. The molecule has 0 aromatic rings. The molecule has 1 heterocycles. The minimum absolute atomic E-state index is 0.0685. The van der Waals surface area contributed by atoms with Gasteiger partial charge < -0.3 is 14.4 Å². The normalized spacial score (nSPS) is 19.4. The first-order valence-corrected chi connectivity index (χ1v) is 10.4. The van der Waals surface area contributed by atoms with Crippen LogP contribution in [0.5, 0.6) is 0 Å². The highest BCUT2D eigenvalue weighted by Crippen LogP contribution is 2.44. The maximum atomic E-state index is 13.7. The summed E-state index contributed by atoms with van der Waals surface area (Å²) in [7, 11) is 2.37. The summed E-state index contributed by atoms with van der Waals surface area (Å²) < 4.78 is 9.53. The van der Waals surface area contributed by atoms with Crippen molar-refractivity contribution in [3.05, 3.63) is 0 Å². The zero-order valence-corrected chi connectivity index (χ0v) is 19.5. The number of hydrogen-bond acceptors (Lipinski definition) is 7. The summed E-state index contributed by atoms with van der Waals surface area (Å²) in [4.78, 5) is 46.3. The molecule has 1 fully saturated rings. The Kier molecular flexibility index (Phi) is 8.25. The second-order valence-electron chi connectivity index (χ2n) is 8.56. The van der Waals surface area contributed by atoms with Crippen LogP contribution in [-0.2, 0) is 28.7 Å². The Hall–Kier alpha value is -1.67. The van der Waals surface area contributed by atoms with Gasteiger partial charge in [0.05, 0.1) is 19.8 Å². The van der Waals surface area contributed by atoms with Crippen molar-refractivity contribution in [1.29, 1.82) is 0 Å². The van der Waals surface area contributed by atoms with Crippen LogP contribution in [0.1, 0.15) is 74.1 Å². The summed E-state index contributed by atoms with van der Waals surface area (Å²) in [5, 5.41) is 1.63. The maximum Gasteiger partial charge on any atom is 0.348 e. The van der Waals surface area contributed by atoms with Crippen molar-refractivity contribution in [2.45, 2.75) is 96.9 Å². The first-order chi connectivity index (χ1) is 13.4. The third-order valence-electron chi connectivity index (χ3n) is 6.25. The Bertz CT molecular complexity index is 589. The van der Waals surface area contributed by atoms with Gasteiger partial charge in [-0.2, -0.15) is 5.06 Å². The molecule has 1 aliphatic rings. The molecular formula is C21H38N2O6. The Morgan fingerprint density at radius 3 is 1.72 bits per heavy atom. The fourth-order valence-electron chi connectivity index (χ4n) is 4.08. The van der Waals surface area contributed by atoms with Crippen LogP contribution in [-0.4, -0.2) is 71.3 Å². The maximum absolute atomic E-state index is 13.7. The Labute approximate surface area is 174 Å². The lowest BCUT2D eigenvalue weighted by Crippen LogP contribution is -2.77. The van der Waals surface area contributed by atoms with Crippen LogP contribution >= 0.6 is 0 Å². The smallest absolute Gasteiger partial charge is 0.348 e. The average molecular weight is 415 g/mol. The number of methoxy groups -OCH3 is 2. The van der Waals surface area contributed by atoms with Crippen molar-refractivity contribution in [2.24, 2.45) is 0 Å². The highest BCUT2D eigenvalue weighted by Gasteiger charge is 2.60.